The quantitative estimate of drug-likeness (QED) is 0.415. The van der Waals surface area contributed by atoms with E-state index < -0.39 is 11.8 Å². The summed E-state index contributed by atoms with van der Waals surface area (Å²) in [5.74, 6) is -1.00. The minimum absolute atomic E-state index is 0.243. The molecule has 0 aliphatic rings. The van der Waals surface area contributed by atoms with Crippen LogP contribution in [0.25, 0.3) is 27.8 Å². The molecule has 5 aromatic rings. The number of aromatic nitrogens is 4. The van der Waals surface area contributed by atoms with Gasteiger partial charge in [0.25, 0.3) is 11.8 Å². The lowest BCUT2D eigenvalue weighted by Crippen LogP contribution is -2.41. The number of amides is 2. The highest BCUT2D eigenvalue weighted by Crippen LogP contribution is 2.26. The Morgan fingerprint density at radius 2 is 1.66 bits per heavy atom. The monoisotopic (exact) mass is 442 g/mol. The molecular weight excluding hydrogens is 428 g/mol. The van der Waals surface area contributed by atoms with Gasteiger partial charge in [0.15, 0.2) is 5.65 Å². The fourth-order valence-corrected chi connectivity index (χ4v) is 3.49. The van der Waals surface area contributed by atoms with E-state index in [1.165, 1.54) is 10.7 Å². The molecule has 0 aliphatic heterocycles. The van der Waals surface area contributed by atoms with Crippen molar-refractivity contribution in [2.24, 2.45) is 0 Å². The Balaban J connectivity index is 1.45. The third-order valence-electron chi connectivity index (χ3n) is 4.91. The zero-order chi connectivity index (χ0) is 22.1. The molecule has 0 spiro atoms. The van der Waals surface area contributed by atoms with Crippen LogP contribution in [-0.4, -0.2) is 31.4 Å². The number of para-hydroxylation sites is 1. The Morgan fingerprint density at radius 1 is 0.906 bits per heavy atom. The van der Waals surface area contributed by atoms with Gasteiger partial charge in [0, 0.05) is 28.4 Å². The fourth-order valence-electron chi connectivity index (χ4n) is 3.37. The summed E-state index contributed by atoms with van der Waals surface area (Å²) >= 11 is 5.99. The van der Waals surface area contributed by atoms with Crippen LogP contribution in [0.3, 0.4) is 0 Å². The summed E-state index contributed by atoms with van der Waals surface area (Å²) in [6.07, 6.45) is 4.64. The summed E-state index contributed by atoms with van der Waals surface area (Å²) in [5, 5.41) is 5.35. The predicted octanol–water partition coefficient (Wildman–Crippen LogP) is 3.67. The van der Waals surface area contributed by atoms with E-state index in [4.69, 9.17) is 11.6 Å². The zero-order valence-electron chi connectivity index (χ0n) is 16.5. The van der Waals surface area contributed by atoms with Crippen molar-refractivity contribution in [1.29, 1.82) is 0 Å². The van der Waals surface area contributed by atoms with Gasteiger partial charge in [0.1, 0.15) is 5.56 Å². The molecule has 0 saturated carbocycles. The number of halogens is 1. The second kappa shape index (κ2) is 8.09. The van der Waals surface area contributed by atoms with Crippen molar-refractivity contribution >= 4 is 40.0 Å². The zero-order valence-corrected chi connectivity index (χ0v) is 17.2. The fraction of sp³-hybridized carbons (Fsp3) is 0. The molecule has 0 bridgehead atoms. The van der Waals surface area contributed by atoms with Gasteiger partial charge in [0.2, 0.25) is 0 Å². The highest BCUT2D eigenvalue weighted by atomic mass is 35.5. The first kappa shape index (κ1) is 19.7. The van der Waals surface area contributed by atoms with Gasteiger partial charge in [-0.3, -0.25) is 20.4 Å². The molecule has 0 fully saturated rings. The summed E-state index contributed by atoms with van der Waals surface area (Å²) in [7, 11) is 0. The van der Waals surface area contributed by atoms with E-state index in [0.717, 1.165) is 5.56 Å². The molecule has 2 amide bonds. The van der Waals surface area contributed by atoms with Gasteiger partial charge in [-0.2, -0.15) is 5.10 Å². The van der Waals surface area contributed by atoms with Crippen LogP contribution in [0.5, 0.6) is 0 Å². The van der Waals surface area contributed by atoms with E-state index in [1.807, 2.05) is 30.3 Å². The van der Waals surface area contributed by atoms with Crippen LogP contribution in [-0.2, 0) is 0 Å². The number of hydrogen-bond acceptors (Lipinski definition) is 5. The molecule has 2 aromatic carbocycles. The van der Waals surface area contributed by atoms with E-state index >= 15 is 0 Å². The minimum Gasteiger partial charge on any atom is -0.267 e. The van der Waals surface area contributed by atoms with E-state index in [-0.39, 0.29) is 5.56 Å². The predicted molar refractivity (Wildman–Crippen MR) is 120 cm³/mol. The van der Waals surface area contributed by atoms with E-state index in [1.54, 1.807) is 42.7 Å². The molecule has 5 rings (SSSR count). The molecule has 0 unspecified atom stereocenters. The molecule has 8 nitrogen and oxygen atoms in total. The first-order valence-corrected chi connectivity index (χ1v) is 10.0. The highest BCUT2D eigenvalue weighted by Gasteiger charge is 2.17. The Hall–Kier alpha value is -4.30. The lowest BCUT2D eigenvalue weighted by atomic mass is 10.0. The standard InChI is InChI=1S/C23H15ClN6O2/c24-15-8-6-14(7-9-15)20-12-17(16-4-1-2-5-19(16)27-20)22(31)28-29-23(32)18-13-26-30-11-3-10-25-21(18)30/h1-13H,(H,28,31)(H,29,32). The smallest absolute Gasteiger partial charge is 0.267 e. The van der Waals surface area contributed by atoms with Crippen molar-refractivity contribution in [1.82, 2.24) is 30.4 Å². The SMILES string of the molecule is O=C(NNC(=O)c1cnn2cccnc12)c1cc(-c2ccc(Cl)cc2)nc2ccccc12. The Kier molecular flexibility index (Phi) is 4.97. The van der Waals surface area contributed by atoms with E-state index in [9.17, 15) is 9.59 Å². The molecule has 156 valence electrons. The molecule has 3 heterocycles. The second-order valence-electron chi connectivity index (χ2n) is 6.93. The van der Waals surface area contributed by atoms with Gasteiger partial charge in [0.05, 0.1) is 23.0 Å². The number of rotatable bonds is 3. The summed E-state index contributed by atoms with van der Waals surface area (Å²) in [6.45, 7) is 0. The second-order valence-corrected chi connectivity index (χ2v) is 7.37. The van der Waals surface area contributed by atoms with Crippen LogP contribution in [0.15, 0.2) is 79.3 Å². The summed E-state index contributed by atoms with van der Waals surface area (Å²) in [4.78, 5) is 34.4. The third kappa shape index (κ3) is 3.63. The highest BCUT2D eigenvalue weighted by molar-refractivity contribution is 6.30. The van der Waals surface area contributed by atoms with Crippen LogP contribution in [0.2, 0.25) is 5.02 Å². The normalized spacial score (nSPS) is 10.9. The average Bonchev–Trinajstić information content (AvgIpc) is 3.26. The lowest BCUT2D eigenvalue weighted by Gasteiger charge is -2.11. The van der Waals surface area contributed by atoms with Gasteiger partial charge in [-0.05, 0) is 30.3 Å². The number of carbonyl (C=O) groups excluding carboxylic acids is 2. The summed E-state index contributed by atoms with van der Waals surface area (Å²) in [5.41, 5.74) is 8.01. The molecule has 32 heavy (non-hydrogen) atoms. The van der Waals surface area contributed by atoms with Gasteiger partial charge in [-0.25, -0.2) is 14.5 Å². The largest absolute Gasteiger partial charge is 0.275 e. The first-order chi connectivity index (χ1) is 15.6. The number of benzene rings is 2. The topological polar surface area (TPSA) is 101 Å². The maximum absolute atomic E-state index is 13.0. The molecule has 0 aliphatic carbocycles. The summed E-state index contributed by atoms with van der Waals surface area (Å²) in [6, 6.07) is 17.9. The number of hydrogen-bond donors (Lipinski definition) is 2. The molecule has 2 N–H and O–H groups in total. The van der Waals surface area contributed by atoms with Crippen LogP contribution >= 0.6 is 11.6 Å². The Labute approximate surface area is 186 Å². The molecule has 0 radical (unpaired) electrons. The molecule has 3 aromatic heterocycles. The van der Waals surface area contributed by atoms with Crippen molar-refractivity contribution in [3.05, 3.63) is 95.4 Å². The first-order valence-electron chi connectivity index (χ1n) is 9.65. The van der Waals surface area contributed by atoms with Crippen LogP contribution in [0.1, 0.15) is 20.7 Å². The van der Waals surface area contributed by atoms with Crippen LogP contribution in [0.4, 0.5) is 0 Å². The van der Waals surface area contributed by atoms with Gasteiger partial charge in [-0.15, -0.1) is 0 Å². The Morgan fingerprint density at radius 3 is 2.47 bits per heavy atom. The van der Waals surface area contributed by atoms with Crippen LogP contribution < -0.4 is 10.9 Å². The van der Waals surface area contributed by atoms with Gasteiger partial charge in [-0.1, -0.05) is 41.9 Å². The maximum Gasteiger partial charge on any atom is 0.275 e. The number of nitrogens with zero attached hydrogens (tertiary/aromatic N) is 4. The van der Waals surface area contributed by atoms with E-state index in [0.29, 0.717) is 32.8 Å². The number of carbonyl (C=O) groups is 2. The third-order valence-corrected chi connectivity index (χ3v) is 5.17. The van der Waals surface area contributed by atoms with Crippen molar-refractivity contribution in [3.8, 4) is 11.3 Å². The number of hydrazine groups is 1. The molecule has 0 saturated heterocycles. The minimum atomic E-state index is -0.525. The lowest BCUT2D eigenvalue weighted by molar-refractivity contribution is 0.0848. The molecule has 0 atom stereocenters. The van der Waals surface area contributed by atoms with E-state index in [2.05, 4.69) is 25.9 Å². The van der Waals surface area contributed by atoms with Crippen molar-refractivity contribution in [2.45, 2.75) is 0 Å². The maximum atomic E-state index is 13.0. The van der Waals surface area contributed by atoms with Gasteiger partial charge >= 0.3 is 0 Å². The number of nitrogens with one attached hydrogen (secondary N) is 2. The average molecular weight is 443 g/mol. The van der Waals surface area contributed by atoms with Crippen molar-refractivity contribution in [3.63, 3.8) is 0 Å². The van der Waals surface area contributed by atoms with Crippen LogP contribution in [0, 0.1) is 0 Å². The van der Waals surface area contributed by atoms with Gasteiger partial charge < -0.3 is 0 Å². The van der Waals surface area contributed by atoms with Crippen molar-refractivity contribution < 1.29 is 9.59 Å². The van der Waals surface area contributed by atoms with Crippen molar-refractivity contribution in [2.75, 3.05) is 0 Å². The molecule has 9 heteroatoms. The Bertz CT molecular complexity index is 1480. The summed E-state index contributed by atoms with van der Waals surface area (Å²) < 4.78 is 1.48. The number of fused-ring (bicyclic) bond motifs is 2. The molecular formula is C23H15ClN6O2. The number of pyridine rings is 1.